The number of alkyl halides is 4. The van der Waals surface area contributed by atoms with E-state index in [2.05, 4.69) is 0 Å². The Labute approximate surface area is 90.0 Å². The summed E-state index contributed by atoms with van der Waals surface area (Å²) in [6, 6.07) is -0.834. The van der Waals surface area contributed by atoms with Crippen molar-refractivity contribution in [2.75, 3.05) is 13.1 Å². The molecular weight excluding hydrogens is 240 g/mol. The minimum Gasteiger partial charge on any atom is -0.328 e. The number of carbonyl (C=O) groups excluding carboxylic acids is 1. The first-order valence-corrected chi connectivity index (χ1v) is 4.08. The third-order valence-electron chi connectivity index (χ3n) is 2.14. The van der Waals surface area contributed by atoms with E-state index in [1.54, 1.807) is 0 Å². The molecule has 3 nitrogen and oxygen atoms in total. The van der Waals surface area contributed by atoms with E-state index < -0.39 is 30.8 Å². The molecular formula is C7H11ClF4N2O. The van der Waals surface area contributed by atoms with Crippen LogP contribution in [0.5, 0.6) is 0 Å². The molecule has 1 amide bonds. The summed E-state index contributed by atoms with van der Waals surface area (Å²) in [6.45, 7) is -0.664. The normalized spacial score (nSPS) is 26.3. The third-order valence-corrected chi connectivity index (χ3v) is 2.14. The SMILES string of the molecule is Cl.NC[C@@H]1C[C@H](F)CN1C(=O)C(F)(F)F. The van der Waals surface area contributed by atoms with E-state index in [4.69, 9.17) is 5.73 Å². The van der Waals surface area contributed by atoms with Gasteiger partial charge in [0, 0.05) is 19.0 Å². The molecule has 2 N–H and O–H groups in total. The van der Waals surface area contributed by atoms with Crippen LogP contribution in [0.25, 0.3) is 0 Å². The Morgan fingerprint density at radius 3 is 2.40 bits per heavy atom. The molecule has 0 unspecified atom stereocenters. The van der Waals surface area contributed by atoms with E-state index in [-0.39, 0.29) is 25.4 Å². The van der Waals surface area contributed by atoms with Gasteiger partial charge in [0.1, 0.15) is 6.17 Å². The first-order chi connectivity index (χ1) is 6.36. The van der Waals surface area contributed by atoms with Crippen LogP contribution in [-0.2, 0) is 4.79 Å². The average Bonchev–Trinajstić information content (AvgIpc) is 2.43. The maximum absolute atomic E-state index is 12.7. The molecule has 1 heterocycles. The van der Waals surface area contributed by atoms with Crippen LogP contribution in [0.3, 0.4) is 0 Å². The lowest BCUT2D eigenvalue weighted by Gasteiger charge is -2.23. The molecule has 90 valence electrons. The van der Waals surface area contributed by atoms with Crippen LogP contribution in [0.15, 0.2) is 0 Å². The monoisotopic (exact) mass is 250 g/mol. The fraction of sp³-hybridized carbons (Fsp3) is 0.857. The second-order valence-electron chi connectivity index (χ2n) is 3.18. The summed E-state index contributed by atoms with van der Waals surface area (Å²) in [5.74, 6) is -2.01. The van der Waals surface area contributed by atoms with Crippen LogP contribution in [-0.4, -0.2) is 42.3 Å². The minimum absolute atomic E-state index is 0. The van der Waals surface area contributed by atoms with Crippen LogP contribution < -0.4 is 5.73 Å². The Balaban J connectivity index is 0.00000196. The van der Waals surface area contributed by atoms with Crippen LogP contribution in [0.1, 0.15) is 6.42 Å². The summed E-state index contributed by atoms with van der Waals surface area (Å²) in [6.07, 6.45) is -6.47. The van der Waals surface area contributed by atoms with E-state index in [1.165, 1.54) is 0 Å². The lowest BCUT2D eigenvalue weighted by atomic mass is 10.2. The first-order valence-electron chi connectivity index (χ1n) is 4.08. The van der Waals surface area contributed by atoms with Gasteiger partial charge in [0.2, 0.25) is 0 Å². The van der Waals surface area contributed by atoms with Gasteiger partial charge in [-0.1, -0.05) is 0 Å². The predicted molar refractivity (Wildman–Crippen MR) is 47.4 cm³/mol. The molecule has 1 aliphatic heterocycles. The molecule has 1 aliphatic rings. The molecule has 0 aliphatic carbocycles. The zero-order chi connectivity index (χ0) is 10.9. The predicted octanol–water partition coefficient (Wildman–Crippen LogP) is 0.868. The summed E-state index contributed by atoms with van der Waals surface area (Å²) < 4.78 is 48.7. The van der Waals surface area contributed by atoms with Gasteiger partial charge in [-0.15, -0.1) is 12.4 Å². The average molecular weight is 251 g/mol. The smallest absolute Gasteiger partial charge is 0.328 e. The van der Waals surface area contributed by atoms with Crippen molar-refractivity contribution in [1.29, 1.82) is 0 Å². The Morgan fingerprint density at radius 2 is 2.00 bits per heavy atom. The number of rotatable bonds is 1. The van der Waals surface area contributed by atoms with Gasteiger partial charge >= 0.3 is 12.1 Å². The molecule has 1 saturated heterocycles. The molecule has 0 spiro atoms. The Hall–Kier alpha value is -0.560. The van der Waals surface area contributed by atoms with Crippen molar-refractivity contribution in [3.05, 3.63) is 0 Å². The van der Waals surface area contributed by atoms with Gasteiger partial charge in [-0.2, -0.15) is 13.2 Å². The van der Waals surface area contributed by atoms with Gasteiger partial charge in [-0.25, -0.2) is 4.39 Å². The van der Waals surface area contributed by atoms with Crippen LogP contribution in [0, 0.1) is 0 Å². The summed E-state index contributed by atoms with van der Waals surface area (Å²) in [5, 5.41) is 0. The minimum atomic E-state index is -4.95. The molecule has 0 saturated carbocycles. The number of carbonyl (C=O) groups is 1. The quantitative estimate of drug-likeness (QED) is 0.702. The van der Waals surface area contributed by atoms with Crippen molar-refractivity contribution < 1.29 is 22.4 Å². The summed E-state index contributed by atoms with van der Waals surface area (Å²) in [4.78, 5) is 11.2. The molecule has 15 heavy (non-hydrogen) atoms. The summed E-state index contributed by atoms with van der Waals surface area (Å²) in [5.41, 5.74) is 5.14. The summed E-state index contributed by atoms with van der Waals surface area (Å²) in [7, 11) is 0. The Bertz CT molecular complexity index is 236. The van der Waals surface area contributed by atoms with Gasteiger partial charge in [-0.3, -0.25) is 4.79 Å². The van der Waals surface area contributed by atoms with Crippen molar-refractivity contribution in [2.24, 2.45) is 5.73 Å². The Kier molecular flexibility index (Phi) is 4.79. The number of amides is 1. The highest BCUT2D eigenvalue weighted by molar-refractivity contribution is 5.85. The fourth-order valence-corrected chi connectivity index (χ4v) is 1.49. The largest absolute Gasteiger partial charge is 0.471 e. The van der Waals surface area contributed by atoms with E-state index in [0.29, 0.717) is 4.90 Å². The maximum Gasteiger partial charge on any atom is 0.471 e. The number of nitrogens with zero attached hydrogens (tertiary/aromatic N) is 1. The topological polar surface area (TPSA) is 46.3 Å². The van der Waals surface area contributed by atoms with Gasteiger partial charge < -0.3 is 10.6 Å². The molecule has 0 bridgehead atoms. The molecule has 0 aromatic rings. The zero-order valence-electron chi connectivity index (χ0n) is 7.63. The lowest BCUT2D eigenvalue weighted by Crippen LogP contribution is -2.46. The first kappa shape index (κ1) is 14.4. The zero-order valence-corrected chi connectivity index (χ0v) is 8.45. The van der Waals surface area contributed by atoms with Crippen LogP contribution >= 0.6 is 12.4 Å². The van der Waals surface area contributed by atoms with Gasteiger partial charge in [-0.05, 0) is 0 Å². The molecule has 2 atom stereocenters. The number of hydrogen-bond acceptors (Lipinski definition) is 2. The molecule has 0 aromatic carbocycles. The van der Waals surface area contributed by atoms with Crippen molar-refractivity contribution in [1.82, 2.24) is 4.90 Å². The van der Waals surface area contributed by atoms with Crippen molar-refractivity contribution in [3.63, 3.8) is 0 Å². The summed E-state index contributed by atoms with van der Waals surface area (Å²) >= 11 is 0. The van der Waals surface area contributed by atoms with E-state index in [0.717, 1.165) is 0 Å². The van der Waals surface area contributed by atoms with Crippen molar-refractivity contribution in [2.45, 2.75) is 24.8 Å². The van der Waals surface area contributed by atoms with Crippen LogP contribution in [0.4, 0.5) is 17.6 Å². The maximum atomic E-state index is 12.7. The highest BCUT2D eigenvalue weighted by Gasteiger charge is 2.47. The standard InChI is InChI=1S/C7H10F4N2O.ClH/c8-4-1-5(2-12)13(3-4)6(14)7(9,10)11;/h4-5H,1-3,12H2;1H/t4-,5-;/m0./s1. The van der Waals surface area contributed by atoms with Gasteiger partial charge in [0.05, 0.1) is 6.54 Å². The van der Waals surface area contributed by atoms with Crippen molar-refractivity contribution >= 4 is 18.3 Å². The lowest BCUT2D eigenvalue weighted by molar-refractivity contribution is -0.186. The van der Waals surface area contributed by atoms with Gasteiger partial charge in [0.25, 0.3) is 0 Å². The number of halogens is 5. The molecule has 1 fully saturated rings. The molecule has 8 heteroatoms. The molecule has 0 radical (unpaired) electrons. The number of likely N-dealkylation sites (tertiary alicyclic amines) is 1. The van der Waals surface area contributed by atoms with Crippen molar-refractivity contribution in [3.8, 4) is 0 Å². The van der Waals surface area contributed by atoms with E-state index in [9.17, 15) is 22.4 Å². The highest BCUT2D eigenvalue weighted by atomic mass is 35.5. The molecule has 0 aromatic heterocycles. The van der Waals surface area contributed by atoms with E-state index >= 15 is 0 Å². The highest BCUT2D eigenvalue weighted by Crippen LogP contribution is 2.26. The molecule has 1 rings (SSSR count). The number of nitrogens with two attached hydrogens (primary N) is 1. The van der Waals surface area contributed by atoms with Crippen LogP contribution in [0.2, 0.25) is 0 Å². The fourth-order valence-electron chi connectivity index (χ4n) is 1.49. The van der Waals surface area contributed by atoms with E-state index in [1.807, 2.05) is 0 Å². The second kappa shape index (κ2) is 4.98. The number of hydrogen-bond donors (Lipinski definition) is 1. The third kappa shape index (κ3) is 3.20. The van der Waals surface area contributed by atoms with Gasteiger partial charge in [0.15, 0.2) is 0 Å². The Morgan fingerprint density at radius 1 is 1.47 bits per heavy atom. The second-order valence-corrected chi connectivity index (χ2v) is 3.18.